The number of carbonyl (C=O) groups is 3. The molecule has 0 unspecified atom stereocenters. The Kier molecular flexibility index (Phi) is 6.46. The van der Waals surface area contributed by atoms with Gasteiger partial charge in [0.1, 0.15) is 11.9 Å². The Bertz CT molecular complexity index is 922. The lowest BCUT2D eigenvalue weighted by molar-refractivity contribution is -0.124. The topological polar surface area (TPSA) is 79.0 Å². The standard InChI is InChI=1S/C20H19ClFN3O4/c1-29-10-9-24-17(12-18(26)23-15-4-2-3-14(22)11-15)19(27)25(20(24)28)16-7-5-13(21)6-8-16/h2-8,11,17H,9-10,12H2,1H3,(H,23,26)/t17-/m1/s1. The van der Waals surface area contributed by atoms with Gasteiger partial charge >= 0.3 is 6.03 Å². The largest absolute Gasteiger partial charge is 0.383 e. The molecule has 1 saturated heterocycles. The number of halogens is 2. The fraction of sp³-hybridized carbons (Fsp3) is 0.250. The van der Waals surface area contributed by atoms with Crippen molar-refractivity contribution in [3.8, 4) is 0 Å². The van der Waals surface area contributed by atoms with Crippen LogP contribution >= 0.6 is 11.6 Å². The Morgan fingerprint density at radius 1 is 1.21 bits per heavy atom. The average molecular weight is 420 g/mol. The molecule has 9 heteroatoms. The third-order valence-electron chi connectivity index (χ3n) is 4.43. The zero-order valence-corrected chi connectivity index (χ0v) is 16.4. The van der Waals surface area contributed by atoms with E-state index in [0.717, 1.165) is 4.90 Å². The van der Waals surface area contributed by atoms with Crippen molar-refractivity contribution in [2.24, 2.45) is 0 Å². The molecule has 1 fully saturated rings. The molecule has 1 aliphatic rings. The molecule has 1 N–H and O–H groups in total. The fourth-order valence-electron chi connectivity index (χ4n) is 3.06. The number of amides is 4. The van der Waals surface area contributed by atoms with Gasteiger partial charge in [0, 0.05) is 24.4 Å². The lowest BCUT2D eigenvalue weighted by atomic mass is 10.1. The first-order chi connectivity index (χ1) is 13.9. The van der Waals surface area contributed by atoms with Crippen LogP contribution in [0.25, 0.3) is 0 Å². The minimum absolute atomic E-state index is 0.142. The number of hydrogen-bond donors (Lipinski definition) is 1. The maximum absolute atomic E-state index is 13.3. The smallest absolute Gasteiger partial charge is 0.332 e. The molecule has 2 aromatic carbocycles. The molecule has 152 valence electrons. The van der Waals surface area contributed by atoms with Crippen LogP contribution in [0.1, 0.15) is 6.42 Å². The number of nitrogens with zero attached hydrogens (tertiary/aromatic N) is 2. The Hall–Kier alpha value is -2.97. The number of carbonyl (C=O) groups excluding carboxylic acids is 3. The highest BCUT2D eigenvalue weighted by Crippen LogP contribution is 2.28. The lowest BCUT2D eigenvalue weighted by Crippen LogP contribution is -2.39. The van der Waals surface area contributed by atoms with Crippen LogP contribution in [0.3, 0.4) is 0 Å². The molecular weight excluding hydrogens is 401 g/mol. The number of benzene rings is 2. The van der Waals surface area contributed by atoms with Crippen molar-refractivity contribution in [2.45, 2.75) is 12.5 Å². The van der Waals surface area contributed by atoms with Crippen molar-refractivity contribution in [2.75, 3.05) is 30.5 Å². The summed E-state index contributed by atoms with van der Waals surface area (Å²) in [5.41, 5.74) is 0.629. The highest BCUT2D eigenvalue weighted by atomic mass is 35.5. The van der Waals surface area contributed by atoms with Gasteiger partial charge in [-0.05, 0) is 42.5 Å². The molecule has 1 atom stereocenters. The van der Waals surface area contributed by atoms with Crippen LogP contribution in [0.2, 0.25) is 5.02 Å². The van der Waals surface area contributed by atoms with E-state index in [1.54, 1.807) is 24.3 Å². The molecule has 0 aromatic heterocycles. The average Bonchev–Trinajstić information content (AvgIpc) is 2.90. The van der Waals surface area contributed by atoms with Crippen molar-refractivity contribution in [3.05, 3.63) is 59.4 Å². The van der Waals surface area contributed by atoms with Crippen LogP contribution in [0.15, 0.2) is 48.5 Å². The molecule has 29 heavy (non-hydrogen) atoms. The zero-order chi connectivity index (χ0) is 21.0. The van der Waals surface area contributed by atoms with Gasteiger partial charge in [-0.15, -0.1) is 0 Å². The molecular formula is C20H19ClFN3O4. The number of hydrogen-bond acceptors (Lipinski definition) is 4. The van der Waals surface area contributed by atoms with Gasteiger partial charge in [-0.25, -0.2) is 14.1 Å². The Morgan fingerprint density at radius 2 is 1.93 bits per heavy atom. The van der Waals surface area contributed by atoms with Gasteiger partial charge in [0.2, 0.25) is 5.91 Å². The highest BCUT2D eigenvalue weighted by Gasteiger charge is 2.46. The monoisotopic (exact) mass is 419 g/mol. The second-order valence-electron chi connectivity index (χ2n) is 6.40. The third-order valence-corrected chi connectivity index (χ3v) is 4.68. The summed E-state index contributed by atoms with van der Waals surface area (Å²) in [4.78, 5) is 40.6. The highest BCUT2D eigenvalue weighted by molar-refractivity contribution is 6.30. The second kappa shape index (κ2) is 9.02. The van der Waals surface area contributed by atoms with E-state index < -0.39 is 29.7 Å². The molecule has 3 rings (SSSR count). The number of nitrogens with one attached hydrogen (secondary N) is 1. The molecule has 1 heterocycles. The maximum Gasteiger partial charge on any atom is 0.332 e. The number of urea groups is 1. The maximum atomic E-state index is 13.3. The molecule has 0 bridgehead atoms. The van der Waals surface area contributed by atoms with Crippen molar-refractivity contribution in [3.63, 3.8) is 0 Å². The van der Waals surface area contributed by atoms with Gasteiger partial charge in [-0.1, -0.05) is 17.7 Å². The summed E-state index contributed by atoms with van der Waals surface area (Å²) in [6.07, 6.45) is -0.269. The van der Waals surface area contributed by atoms with Gasteiger partial charge in [0.25, 0.3) is 5.91 Å². The number of ether oxygens (including phenoxy) is 1. The van der Waals surface area contributed by atoms with E-state index in [1.165, 1.54) is 36.3 Å². The van der Waals surface area contributed by atoms with Crippen molar-refractivity contribution >= 4 is 40.8 Å². The van der Waals surface area contributed by atoms with E-state index in [1.807, 2.05) is 0 Å². The molecule has 4 amide bonds. The minimum Gasteiger partial charge on any atom is -0.383 e. The van der Waals surface area contributed by atoms with E-state index >= 15 is 0 Å². The first-order valence-corrected chi connectivity index (χ1v) is 9.23. The van der Waals surface area contributed by atoms with Gasteiger partial charge in [-0.2, -0.15) is 0 Å². The lowest BCUT2D eigenvalue weighted by Gasteiger charge is -2.21. The Labute approximate surface area is 172 Å². The summed E-state index contributed by atoms with van der Waals surface area (Å²) in [7, 11) is 1.48. The van der Waals surface area contributed by atoms with E-state index in [-0.39, 0.29) is 25.3 Å². The zero-order valence-electron chi connectivity index (χ0n) is 15.6. The molecule has 7 nitrogen and oxygen atoms in total. The number of methoxy groups -OCH3 is 1. The molecule has 0 radical (unpaired) electrons. The van der Waals surface area contributed by atoms with Crippen molar-refractivity contribution < 1.29 is 23.5 Å². The predicted molar refractivity (Wildman–Crippen MR) is 106 cm³/mol. The summed E-state index contributed by atoms with van der Waals surface area (Å²) >= 11 is 5.88. The van der Waals surface area contributed by atoms with E-state index in [2.05, 4.69) is 5.32 Å². The third kappa shape index (κ3) is 4.72. The molecule has 0 spiro atoms. The quantitative estimate of drug-likeness (QED) is 0.698. The molecule has 2 aromatic rings. The fourth-order valence-corrected chi connectivity index (χ4v) is 3.18. The van der Waals surface area contributed by atoms with E-state index in [9.17, 15) is 18.8 Å². The number of anilines is 2. The van der Waals surface area contributed by atoms with Gasteiger partial charge < -0.3 is 15.0 Å². The first-order valence-electron chi connectivity index (χ1n) is 8.85. The minimum atomic E-state index is -0.998. The SMILES string of the molecule is COCCN1C(=O)N(c2ccc(Cl)cc2)C(=O)[C@H]1CC(=O)Nc1cccc(F)c1. The Morgan fingerprint density at radius 3 is 2.59 bits per heavy atom. The Balaban J connectivity index is 1.80. The van der Waals surface area contributed by atoms with Crippen LogP contribution in [0.4, 0.5) is 20.6 Å². The van der Waals surface area contributed by atoms with Crippen molar-refractivity contribution in [1.82, 2.24) is 4.90 Å². The normalized spacial score (nSPS) is 16.4. The second-order valence-corrected chi connectivity index (χ2v) is 6.83. The first kappa shape index (κ1) is 20.8. The molecule has 1 aliphatic heterocycles. The number of imide groups is 1. The summed E-state index contributed by atoms with van der Waals surface area (Å²) < 4.78 is 18.3. The van der Waals surface area contributed by atoms with E-state index in [0.29, 0.717) is 10.7 Å². The summed E-state index contributed by atoms with van der Waals surface area (Å²) in [5, 5.41) is 3.02. The summed E-state index contributed by atoms with van der Waals surface area (Å²) in [6.45, 7) is 0.346. The van der Waals surface area contributed by atoms with Crippen LogP contribution in [-0.2, 0) is 14.3 Å². The van der Waals surface area contributed by atoms with Crippen LogP contribution in [0, 0.1) is 5.82 Å². The summed E-state index contributed by atoms with van der Waals surface area (Å²) in [5.74, 6) is -1.53. The van der Waals surface area contributed by atoms with Gasteiger partial charge in [0.15, 0.2) is 0 Å². The summed E-state index contributed by atoms with van der Waals surface area (Å²) in [6, 6.07) is 10.1. The molecule has 0 aliphatic carbocycles. The van der Waals surface area contributed by atoms with Gasteiger partial charge in [-0.3, -0.25) is 9.59 Å². The van der Waals surface area contributed by atoms with Crippen LogP contribution in [-0.4, -0.2) is 49.0 Å². The van der Waals surface area contributed by atoms with E-state index in [4.69, 9.17) is 16.3 Å². The molecule has 0 saturated carbocycles. The van der Waals surface area contributed by atoms with Crippen LogP contribution < -0.4 is 10.2 Å². The van der Waals surface area contributed by atoms with Crippen LogP contribution in [0.5, 0.6) is 0 Å². The van der Waals surface area contributed by atoms with Crippen molar-refractivity contribution in [1.29, 1.82) is 0 Å². The number of rotatable bonds is 7. The van der Waals surface area contributed by atoms with Gasteiger partial charge in [0.05, 0.1) is 18.7 Å². The predicted octanol–water partition coefficient (Wildman–Crippen LogP) is 3.29.